The molecule has 0 unspecified atom stereocenters. The van der Waals surface area contributed by atoms with Crippen molar-refractivity contribution in [2.45, 2.75) is 0 Å². The molecular weight excluding hydrogens is 401 g/mol. The molecule has 0 bridgehead atoms. The van der Waals surface area contributed by atoms with Gasteiger partial charge < -0.3 is 10.1 Å². The Hall–Kier alpha value is -3.12. The maximum absolute atomic E-state index is 12.3. The maximum Gasteiger partial charge on any atom is 0.432 e. The van der Waals surface area contributed by atoms with Crippen molar-refractivity contribution in [3.63, 3.8) is 0 Å². The zero-order chi connectivity index (χ0) is 21.1. The van der Waals surface area contributed by atoms with Gasteiger partial charge in [-0.15, -0.1) is 0 Å². The van der Waals surface area contributed by atoms with Crippen LogP contribution in [0.4, 0.5) is 17.1 Å². The fourth-order valence-corrected chi connectivity index (χ4v) is 4.08. The Kier molecular flexibility index (Phi) is 5.59. The van der Waals surface area contributed by atoms with Crippen molar-refractivity contribution < 1.29 is 18.3 Å². The highest BCUT2D eigenvalue weighted by atomic mass is 31.2. The Balaban J connectivity index is 1.75. The molecule has 0 radical (unpaired) electrons. The smallest absolute Gasteiger partial charge is 0.432 e. The first-order valence-corrected chi connectivity index (χ1v) is 10.8. The zero-order valence-corrected chi connectivity index (χ0v) is 17.8. The summed E-state index contributed by atoms with van der Waals surface area (Å²) in [5, 5.41) is 8.24. The van der Waals surface area contributed by atoms with Gasteiger partial charge in [0.05, 0.1) is 18.3 Å². The molecule has 30 heavy (non-hydrogen) atoms. The van der Waals surface area contributed by atoms with Gasteiger partial charge in [-0.2, -0.15) is 0 Å². The number of rotatable bonds is 7. The van der Waals surface area contributed by atoms with E-state index >= 15 is 0 Å². The molecule has 0 spiro atoms. The van der Waals surface area contributed by atoms with Crippen LogP contribution in [0.3, 0.4) is 0 Å². The second-order valence-electron chi connectivity index (χ2n) is 6.54. The highest BCUT2D eigenvalue weighted by molar-refractivity contribution is 7.55. The third-order valence-electron chi connectivity index (χ3n) is 4.79. The number of hydrogen-bond donors (Lipinski definition) is 2. The molecule has 3 aromatic carbocycles. The van der Waals surface area contributed by atoms with Crippen molar-refractivity contribution in [2.24, 2.45) is 0 Å². The second-order valence-corrected chi connectivity index (χ2v) is 8.49. The lowest BCUT2D eigenvalue weighted by Gasteiger charge is -2.17. The summed E-state index contributed by atoms with van der Waals surface area (Å²) >= 11 is 0. The zero-order valence-electron chi connectivity index (χ0n) is 16.9. The van der Waals surface area contributed by atoms with Gasteiger partial charge in [0, 0.05) is 36.4 Å². The number of benzene rings is 3. The fraction of sp³-hybridized carbons (Fsp3) is 0.136. The third kappa shape index (κ3) is 3.83. The molecule has 0 saturated carbocycles. The standard InChI is InChI=1S/C22H22N3O4P/c1-27-20-10-6-8-18-21(17-7-4-5-9-19(17)24-22(18)20)23-15-11-13-16(14-12-15)25-30(26,28-2)29-3/h4-14H,1-3H3,(H,23,24)(H,25,26). The minimum absolute atomic E-state index is 0.624. The van der Waals surface area contributed by atoms with Crippen molar-refractivity contribution in [3.8, 4) is 5.75 Å². The van der Waals surface area contributed by atoms with Gasteiger partial charge in [-0.1, -0.05) is 30.3 Å². The second kappa shape index (κ2) is 8.32. The predicted octanol–water partition coefficient (Wildman–Crippen LogP) is 5.95. The van der Waals surface area contributed by atoms with E-state index in [9.17, 15) is 4.57 Å². The Morgan fingerprint density at radius 3 is 2.17 bits per heavy atom. The molecular formula is C22H22N3O4P. The van der Waals surface area contributed by atoms with Gasteiger partial charge in [-0.3, -0.25) is 14.1 Å². The van der Waals surface area contributed by atoms with Gasteiger partial charge in [-0.25, -0.2) is 9.55 Å². The summed E-state index contributed by atoms with van der Waals surface area (Å²) in [5.74, 6) is 0.718. The van der Waals surface area contributed by atoms with Gasteiger partial charge in [0.25, 0.3) is 0 Å². The number of nitrogens with zero attached hydrogens (tertiary/aromatic N) is 1. The van der Waals surface area contributed by atoms with E-state index in [-0.39, 0.29) is 0 Å². The first-order chi connectivity index (χ1) is 14.6. The van der Waals surface area contributed by atoms with Crippen LogP contribution in [0.1, 0.15) is 0 Å². The molecule has 0 aliphatic heterocycles. The molecule has 7 nitrogen and oxygen atoms in total. The molecule has 0 saturated heterocycles. The molecule has 2 N–H and O–H groups in total. The highest BCUT2D eigenvalue weighted by Crippen LogP contribution is 2.46. The molecule has 0 amide bonds. The van der Waals surface area contributed by atoms with Crippen molar-refractivity contribution in [3.05, 3.63) is 66.7 Å². The van der Waals surface area contributed by atoms with Crippen LogP contribution in [0.15, 0.2) is 66.7 Å². The van der Waals surface area contributed by atoms with Gasteiger partial charge >= 0.3 is 7.75 Å². The SMILES string of the molecule is COc1cccc2c(Nc3ccc(NP(=O)(OC)OC)cc3)c3ccccc3nc12. The van der Waals surface area contributed by atoms with Crippen LogP contribution in [-0.2, 0) is 13.6 Å². The quantitative estimate of drug-likeness (QED) is 0.281. The topological polar surface area (TPSA) is 81.7 Å². The molecule has 1 aromatic heterocycles. The van der Waals surface area contributed by atoms with E-state index in [1.54, 1.807) is 19.2 Å². The number of anilines is 3. The Bertz CT molecular complexity index is 1240. The summed E-state index contributed by atoms with van der Waals surface area (Å²) in [5.41, 5.74) is 4.09. The largest absolute Gasteiger partial charge is 0.494 e. The third-order valence-corrected chi connectivity index (χ3v) is 6.29. The van der Waals surface area contributed by atoms with E-state index in [1.165, 1.54) is 14.2 Å². The van der Waals surface area contributed by atoms with Gasteiger partial charge in [-0.05, 0) is 36.4 Å². The van der Waals surface area contributed by atoms with Gasteiger partial charge in [0.1, 0.15) is 11.3 Å². The number of aromatic nitrogens is 1. The summed E-state index contributed by atoms with van der Waals surface area (Å²) in [6.45, 7) is 0. The van der Waals surface area contributed by atoms with Crippen LogP contribution in [0.5, 0.6) is 5.75 Å². The number of pyridine rings is 1. The van der Waals surface area contributed by atoms with Crippen molar-refractivity contribution in [1.82, 2.24) is 4.98 Å². The molecule has 0 fully saturated rings. The van der Waals surface area contributed by atoms with E-state index in [2.05, 4.69) is 10.4 Å². The lowest BCUT2D eigenvalue weighted by molar-refractivity contribution is 0.281. The summed E-state index contributed by atoms with van der Waals surface area (Å²) in [6, 6.07) is 21.2. The molecule has 4 aromatic rings. The van der Waals surface area contributed by atoms with Gasteiger partial charge in [0.2, 0.25) is 0 Å². The average molecular weight is 423 g/mol. The lowest BCUT2D eigenvalue weighted by Crippen LogP contribution is -2.01. The minimum atomic E-state index is -3.35. The first-order valence-electron chi connectivity index (χ1n) is 9.29. The molecule has 154 valence electrons. The van der Waals surface area contributed by atoms with Crippen LogP contribution < -0.4 is 15.1 Å². The maximum atomic E-state index is 12.3. The first kappa shape index (κ1) is 20.2. The predicted molar refractivity (Wildman–Crippen MR) is 121 cm³/mol. The average Bonchev–Trinajstić information content (AvgIpc) is 2.79. The summed E-state index contributed by atoms with van der Waals surface area (Å²) < 4.78 is 27.6. The van der Waals surface area contributed by atoms with E-state index in [4.69, 9.17) is 18.8 Å². The molecule has 0 aliphatic rings. The number of nitrogens with one attached hydrogen (secondary N) is 2. The van der Waals surface area contributed by atoms with Crippen LogP contribution in [0.2, 0.25) is 0 Å². The van der Waals surface area contributed by atoms with Crippen molar-refractivity contribution in [2.75, 3.05) is 31.7 Å². The number of para-hydroxylation sites is 2. The number of fused-ring (bicyclic) bond motifs is 2. The summed E-state index contributed by atoms with van der Waals surface area (Å²) in [4.78, 5) is 4.79. The van der Waals surface area contributed by atoms with Crippen molar-refractivity contribution in [1.29, 1.82) is 0 Å². The van der Waals surface area contributed by atoms with Crippen molar-refractivity contribution >= 4 is 46.6 Å². The normalized spacial score (nSPS) is 11.6. The Labute approximate surface area is 174 Å². The number of methoxy groups -OCH3 is 1. The Morgan fingerprint density at radius 1 is 0.800 bits per heavy atom. The van der Waals surface area contributed by atoms with E-state index in [0.29, 0.717) is 5.69 Å². The molecule has 8 heteroatoms. The van der Waals surface area contributed by atoms with Crippen LogP contribution >= 0.6 is 7.75 Å². The van der Waals surface area contributed by atoms with E-state index in [1.807, 2.05) is 54.6 Å². The molecule has 0 aliphatic carbocycles. The molecule has 4 rings (SSSR count). The van der Waals surface area contributed by atoms with Gasteiger partial charge in [0.15, 0.2) is 0 Å². The molecule has 1 heterocycles. The minimum Gasteiger partial charge on any atom is -0.494 e. The molecule has 0 atom stereocenters. The summed E-state index contributed by atoms with van der Waals surface area (Å²) in [6.07, 6.45) is 0. The Morgan fingerprint density at radius 2 is 1.47 bits per heavy atom. The van der Waals surface area contributed by atoms with Crippen LogP contribution in [-0.4, -0.2) is 26.3 Å². The van der Waals surface area contributed by atoms with Crippen LogP contribution in [0, 0.1) is 0 Å². The monoisotopic (exact) mass is 423 g/mol. The number of hydrogen-bond acceptors (Lipinski definition) is 6. The summed E-state index contributed by atoms with van der Waals surface area (Å²) in [7, 11) is 0.960. The highest BCUT2D eigenvalue weighted by Gasteiger charge is 2.20. The van der Waals surface area contributed by atoms with Crippen LogP contribution in [0.25, 0.3) is 21.8 Å². The number of ether oxygens (including phenoxy) is 1. The van der Waals surface area contributed by atoms with E-state index in [0.717, 1.165) is 38.9 Å². The fourth-order valence-electron chi connectivity index (χ4n) is 3.28. The van der Waals surface area contributed by atoms with E-state index < -0.39 is 7.75 Å². The lowest BCUT2D eigenvalue weighted by atomic mass is 10.1.